The summed E-state index contributed by atoms with van der Waals surface area (Å²) in [7, 11) is 0. The van der Waals surface area contributed by atoms with E-state index in [1.165, 1.54) is 19.3 Å². The predicted molar refractivity (Wildman–Crippen MR) is 76.8 cm³/mol. The molecule has 1 saturated carbocycles. The number of carbonyl (C=O) groups is 1. The number of anilines is 1. The van der Waals surface area contributed by atoms with Crippen LogP contribution in [0.5, 0.6) is 0 Å². The number of hydrogen-bond acceptors (Lipinski definition) is 3. The minimum Gasteiger partial charge on any atom is -0.335 e. The number of nitrogens with one attached hydrogen (secondary N) is 2. The molecule has 0 spiro atoms. The lowest BCUT2D eigenvalue weighted by Gasteiger charge is -2.22. The van der Waals surface area contributed by atoms with Crippen molar-refractivity contribution in [1.29, 1.82) is 0 Å². The molecule has 1 fully saturated rings. The number of carbonyl (C=O) groups excluding carboxylic acids is 1. The summed E-state index contributed by atoms with van der Waals surface area (Å²) in [6, 6.07) is 3.81. The Labute approximate surface area is 117 Å². The second kappa shape index (κ2) is 5.48. The molecule has 2 heterocycles. The fraction of sp³-hybridized carbons (Fsp3) is 0.500. The minimum atomic E-state index is -0.161. The Bertz CT molecular complexity index is 615. The van der Waals surface area contributed by atoms with E-state index in [9.17, 15) is 4.79 Å². The van der Waals surface area contributed by atoms with Crippen LogP contribution in [0.25, 0.3) is 5.65 Å². The van der Waals surface area contributed by atoms with Crippen molar-refractivity contribution >= 4 is 17.4 Å². The van der Waals surface area contributed by atoms with Gasteiger partial charge >= 0.3 is 6.03 Å². The van der Waals surface area contributed by atoms with E-state index in [4.69, 9.17) is 0 Å². The average molecular weight is 273 g/mol. The lowest BCUT2D eigenvalue weighted by molar-refractivity contribution is 0.244. The van der Waals surface area contributed by atoms with E-state index in [1.807, 2.05) is 25.3 Å². The van der Waals surface area contributed by atoms with Crippen LogP contribution in [-0.4, -0.2) is 26.7 Å². The van der Waals surface area contributed by atoms with Crippen molar-refractivity contribution in [2.45, 2.75) is 45.1 Å². The zero-order valence-corrected chi connectivity index (χ0v) is 11.6. The van der Waals surface area contributed by atoms with Crippen molar-refractivity contribution in [3.8, 4) is 0 Å². The van der Waals surface area contributed by atoms with Crippen LogP contribution in [0, 0.1) is 6.92 Å². The van der Waals surface area contributed by atoms with E-state index in [1.54, 1.807) is 4.52 Å². The van der Waals surface area contributed by atoms with Crippen molar-refractivity contribution in [2.24, 2.45) is 0 Å². The molecule has 6 heteroatoms. The van der Waals surface area contributed by atoms with Crippen LogP contribution >= 0.6 is 0 Å². The normalized spacial score (nSPS) is 16.2. The molecule has 2 aromatic rings. The molecule has 2 aromatic heterocycles. The summed E-state index contributed by atoms with van der Waals surface area (Å²) in [6.07, 6.45) is 7.63. The molecular formula is C14H19N5O. The van der Waals surface area contributed by atoms with Crippen LogP contribution in [0.3, 0.4) is 0 Å². The lowest BCUT2D eigenvalue weighted by atomic mass is 9.96. The Morgan fingerprint density at radius 1 is 1.35 bits per heavy atom. The molecule has 6 nitrogen and oxygen atoms in total. The van der Waals surface area contributed by atoms with E-state index in [2.05, 4.69) is 20.7 Å². The molecule has 0 radical (unpaired) electrons. The van der Waals surface area contributed by atoms with Gasteiger partial charge in [0.05, 0.1) is 5.69 Å². The van der Waals surface area contributed by atoms with Crippen molar-refractivity contribution < 1.29 is 4.79 Å². The number of hydrogen-bond donors (Lipinski definition) is 2. The Kier molecular flexibility index (Phi) is 3.54. The number of fused-ring (bicyclic) bond motifs is 1. The van der Waals surface area contributed by atoms with Gasteiger partial charge < -0.3 is 10.6 Å². The summed E-state index contributed by atoms with van der Waals surface area (Å²) < 4.78 is 1.67. The maximum Gasteiger partial charge on any atom is 0.319 e. The topological polar surface area (TPSA) is 71.3 Å². The largest absolute Gasteiger partial charge is 0.335 e. The Morgan fingerprint density at radius 2 is 2.15 bits per heavy atom. The van der Waals surface area contributed by atoms with Crippen molar-refractivity contribution in [3.63, 3.8) is 0 Å². The zero-order valence-electron chi connectivity index (χ0n) is 11.6. The Balaban J connectivity index is 1.70. The van der Waals surface area contributed by atoms with Gasteiger partial charge in [0, 0.05) is 12.2 Å². The molecule has 2 N–H and O–H groups in total. The molecule has 3 rings (SSSR count). The number of rotatable bonds is 2. The van der Waals surface area contributed by atoms with Gasteiger partial charge in [-0.05, 0) is 31.9 Å². The highest BCUT2D eigenvalue weighted by molar-refractivity contribution is 5.93. The minimum absolute atomic E-state index is 0.161. The number of pyridine rings is 1. The highest BCUT2D eigenvalue weighted by Crippen LogP contribution is 2.18. The molecule has 106 valence electrons. The summed E-state index contributed by atoms with van der Waals surface area (Å²) >= 11 is 0. The van der Waals surface area contributed by atoms with Gasteiger partial charge in [0.2, 0.25) is 0 Å². The third kappa shape index (κ3) is 2.74. The van der Waals surface area contributed by atoms with Gasteiger partial charge in [-0.2, -0.15) is 5.10 Å². The molecule has 0 bridgehead atoms. The monoisotopic (exact) mass is 273 g/mol. The maximum atomic E-state index is 12.1. The van der Waals surface area contributed by atoms with Gasteiger partial charge in [-0.1, -0.05) is 19.3 Å². The first-order valence-corrected chi connectivity index (χ1v) is 7.12. The first kappa shape index (κ1) is 12.9. The van der Waals surface area contributed by atoms with E-state index < -0.39 is 0 Å². The van der Waals surface area contributed by atoms with Gasteiger partial charge in [-0.3, -0.25) is 0 Å². The van der Waals surface area contributed by atoms with Crippen LogP contribution in [0.1, 0.15) is 37.9 Å². The van der Waals surface area contributed by atoms with E-state index in [0.717, 1.165) is 12.8 Å². The predicted octanol–water partition coefficient (Wildman–Crippen LogP) is 2.49. The van der Waals surface area contributed by atoms with Crippen molar-refractivity contribution in [1.82, 2.24) is 19.9 Å². The first-order valence-electron chi connectivity index (χ1n) is 7.12. The summed E-state index contributed by atoms with van der Waals surface area (Å²) in [5, 5.41) is 10.1. The molecule has 20 heavy (non-hydrogen) atoms. The number of aromatic nitrogens is 3. The van der Waals surface area contributed by atoms with Crippen molar-refractivity contribution in [2.75, 3.05) is 5.32 Å². The van der Waals surface area contributed by atoms with Gasteiger partial charge in [-0.15, -0.1) is 0 Å². The Morgan fingerprint density at radius 3 is 2.95 bits per heavy atom. The highest BCUT2D eigenvalue weighted by Gasteiger charge is 2.16. The number of amides is 2. The van der Waals surface area contributed by atoms with Crippen LogP contribution in [0.15, 0.2) is 18.3 Å². The average Bonchev–Trinajstić information content (AvgIpc) is 2.81. The van der Waals surface area contributed by atoms with Gasteiger partial charge in [-0.25, -0.2) is 14.3 Å². The van der Waals surface area contributed by atoms with E-state index >= 15 is 0 Å². The standard InChI is InChI=1S/C14H19N5O/c1-10-15-13-12(8-5-9-19(13)18-10)17-14(20)16-11-6-3-2-4-7-11/h5,8-9,11H,2-4,6-7H2,1H3,(H2,16,17,20). The molecule has 2 amide bonds. The fourth-order valence-corrected chi connectivity index (χ4v) is 2.70. The van der Waals surface area contributed by atoms with Gasteiger partial charge in [0.25, 0.3) is 0 Å². The maximum absolute atomic E-state index is 12.1. The summed E-state index contributed by atoms with van der Waals surface area (Å²) in [5.74, 6) is 0.687. The van der Waals surface area contributed by atoms with Crippen molar-refractivity contribution in [3.05, 3.63) is 24.2 Å². The van der Waals surface area contributed by atoms with Gasteiger partial charge in [0.15, 0.2) is 5.65 Å². The fourth-order valence-electron chi connectivity index (χ4n) is 2.70. The second-order valence-corrected chi connectivity index (χ2v) is 5.28. The number of urea groups is 1. The zero-order chi connectivity index (χ0) is 13.9. The molecule has 1 aliphatic rings. The summed E-state index contributed by atoms with van der Waals surface area (Å²) in [6.45, 7) is 1.83. The Hall–Kier alpha value is -2.11. The lowest BCUT2D eigenvalue weighted by Crippen LogP contribution is -2.39. The highest BCUT2D eigenvalue weighted by atomic mass is 16.2. The summed E-state index contributed by atoms with van der Waals surface area (Å²) in [5.41, 5.74) is 1.35. The SMILES string of the molecule is Cc1nc2c(NC(=O)NC3CCCCC3)cccn2n1. The van der Waals surface area contributed by atoms with Crippen LogP contribution in [0.4, 0.5) is 10.5 Å². The molecular weight excluding hydrogens is 254 g/mol. The molecule has 0 atom stereocenters. The number of nitrogens with zero attached hydrogens (tertiary/aromatic N) is 3. The van der Waals surface area contributed by atoms with E-state index in [-0.39, 0.29) is 6.03 Å². The summed E-state index contributed by atoms with van der Waals surface area (Å²) in [4.78, 5) is 16.4. The third-order valence-electron chi connectivity index (χ3n) is 3.66. The quantitative estimate of drug-likeness (QED) is 0.883. The molecule has 0 saturated heterocycles. The van der Waals surface area contributed by atoms with Crippen LogP contribution in [-0.2, 0) is 0 Å². The molecule has 0 aromatic carbocycles. The molecule has 0 aliphatic heterocycles. The number of aryl methyl sites for hydroxylation is 1. The second-order valence-electron chi connectivity index (χ2n) is 5.28. The first-order chi connectivity index (χ1) is 9.72. The molecule has 1 aliphatic carbocycles. The van der Waals surface area contributed by atoms with Crippen LogP contribution in [0.2, 0.25) is 0 Å². The van der Waals surface area contributed by atoms with Gasteiger partial charge in [0.1, 0.15) is 5.82 Å². The van der Waals surface area contributed by atoms with Crippen LogP contribution < -0.4 is 10.6 Å². The third-order valence-corrected chi connectivity index (χ3v) is 3.66. The smallest absolute Gasteiger partial charge is 0.319 e. The molecule has 0 unspecified atom stereocenters. The van der Waals surface area contributed by atoms with E-state index in [0.29, 0.717) is 23.2 Å².